The second-order valence-corrected chi connectivity index (χ2v) is 4.51. The van der Waals surface area contributed by atoms with Gasteiger partial charge in [-0.1, -0.05) is 6.58 Å². The summed E-state index contributed by atoms with van der Waals surface area (Å²) in [7, 11) is 0. The van der Waals surface area contributed by atoms with Crippen molar-refractivity contribution < 1.29 is 9.53 Å². The maximum atomic E-state index is 11.6. The van der Waals surface area contributed by atoms with E-state index in [1.807, 2.05) is 6.20 Å². The zero-order valence-electron chi connectivity index (χ0n) is 9.63. The van der Waals surface area contributed by atoms with Crippen molar-refractivity contribution in [2.75, 3.05) is 6.54 Å². The van der Waals surface area contributed by atoms with Gasteiger partial charge in [0.05, 0.1) is 24.7 Å². The highest BCUT2D eigenvalue weighted by Gasteiger charge is 2.31. The van der Waals surface area contributed by atoms with E-state index in [9.17, 15) is 4.79 Å². The Bertz CT molecular complexity index is 462. The fourth-order valence-electron chi connectivity index (χ4n) is 2.28. The molecular formula is C12H15N3O2. The highest BCUT2D eigenvalue weighted by Crippen LogP contribution is 2.40. The number of aromatic nitrogens is 2. The number of carbonyl (C=O) groups excluding carboxylic acids is 1. The molecule has 5 nitrogen and oxygen atoms in total. The van der Waals surface area contributed by atoms with Crippen molar-refractivity contribution in [3.8, 4) is 0 Å². The van der Waals surface area contributed by atoms with Crippen LogP contribution in [0.15, 0.2) is 19.0 Å². The number of hydrogen-bond donors (Lipinski definition) is 0. The number of nitrogens with zero attached hydrogens (tertiary/aromatic N) is 3. The first kappa shape index (κ1) is 10.4. The van der Waals surface area contributed by atoms with Crippen molar-refractivity contribution in [2.24, 2.45) is 0 Å². The number of amides is 1. The molecule has 1 fully saturated rings. The highest BCUT2D eigenvalue weighted by atomic mass is 16.5. The predicted molar refractivity (Wildman–Crippen MR) is 61.3 cm³/mol. The highest BCUT2D eigenvalue weighted by molar-refractivity contribution is 5.68. The molecule has 1 aliphatic heterocycles. The summed E-state index contributed by atoms with van der Waals surface area (Å²) in [6, 6.07) is 0. The quantitative estimate of drug-likeness (QED) is 0.732. The molecule has 2 heterocycles. The van der Waals surface area contributed by atoms with Crippen molar-refractivity contribution in [3.63, 3.8) is 0 Å². The van der Waals surface area contributed by atoms with Gasteiger partial charge in [0.2, 0.25) is 0 Å². The van der Waals surface area contributed by atoms with E-state index in [0.29, 0.717) is 19.0 Å². The topological polar surface area (TPSA) is 47.4 Å². The van der Waals surface area contributed by atoms with Crippen LogP contribution in [-0.2, 0) is 17.8 Å². The van der Waals surface area contributed by atoms with Crippen LogP contribution in [-0.4, -0.2) is 27.1 Å². The molecule has 0 saturated heterocycles. The molecule has 0 bridgehead atoms. The lowest BCUT2D eigenvalue weighted by molar-refractivity contribution is 0.125. The fourth-order valence-corrected chi connectivity index (χ4v) is 2.28. The molecule has 1 aromatic rings. The van der Waals surface area contributed by atoms with Gasteiger partial charge in [-0.15, -0.1) is 0 Å². The van der Waals surface area contributed by atoms with Gasteiger partial charge < -0.3 is 14.2 Å². The second kappa shape index (κ2) is 3.91. The van der Waals surface area contributed by atoms with Crippen LogP contribution in [0.5, 0.6) is 0 Å². The van der Waals surface area contributed by atoms with Crippen LogP contribution in [0.4, 0.5) is 4.79 Å². The van der Waals surface area contributed by atoms with E-state index in [0.717, 1.165) is 12.2 Å². The Morgan fingerprint density at radius 2 is 2.35 bits per heavy atom. The summed E-state index contributed by atoms with van der Waals surface area (Å²) < 4.78 is 7.03. The minimum Gasteiger partial charge on any atom is -0.419 e. The lowest BCUT2D eigenvalue weighted by Crippen LogP contribution is -2.38. The second-order valence-electron chi connectivity index (χ2n) is 4.51. The Kier molecular flexibility index (Phi) is 2.39. The van der Waals surface area contributed by atoms with Gasteiger partial charge in [0.1, 0.15) is 5.82 Å². The van der Waals surface area contributed by atoms with Crippen LogP contribution in [0.2, 0.25) is 0 Å². The zero-order chi connectivity index (χ0) is 11.8. The van der Waals surface area contributed by atoms with E-state index in [1.54, 1.807) is 4.90 Å². The molecule has 0 unspecified atom stereocenters. The van der Waals surface area contributed by atoms with Crippen LogP contribution in [0, 0.1) is 0 Å². The van der Waals surface area contributed by atoms with Crippen LogP contribution in [0.25, 0.3) is 0 Å². The Morgan fingerprint density at radius 3 is 3.06 bits per heavy atom. The van der Waals surface area contributed by atoms with Crippen molar-refractivity contribution in [2.45, 2.75) is 31.8 Å². The standard InChI is InChI=1S/C12H15N3O2/c1-2-17-12(16)14-5-6-15-10(8-14)7-13-11(15)9-3-4-9/h2,7,9H,1,3-6,8H2. The van der Waals surface area contributed by atoms with Gasteiger partial charge in [0, 0.05) is 19.0 Å². The Hall–Kier alpha value is -1.78. The maximum Gasteiger partial charge on any atom is 0.415 e. The van der Waals surface area contributed by atoms with Crippen molar-refractivity contribution in [3.05, 3.63) is 30.6 Å². The SMILES string of the molecule is C=COC(=O)N1CCn2c(cnc2C2CC2)C1. The number of rotatable bonds is 2. The van der Waals surface area contributed by atoms with Gasteiger partial charge in [0.15, 0.2) is 0 Å². The Morgan fingerprint density at radius 1 is 1.53 bits per heavy atom. The molecule has 1 aromatic heterocycles. The average Bonchev–Trinajstić information content (AvgIpc) is 3.09. The third-order valence-corrected chi connectivity index (χ3v) is 3.30. The molecule has 0 atom stereocenters. The number of carbonyl (C=O) groups is 1. The third kappa shape index (κ3) is 1.81. The van der Waals surface area contributed by atoms with E-state index in [2.05, 4.69) is 16.1 Å². The monoisotopic (exact) mass is 233 g/mol. The molecule has 1 amide bonds. The first-order chi connectivity index (χ1) is 8.29. The third-order valence-electron chi connectivity index (χ3n) is 3.30. The van der Waals surface area contributed by atoms with Gasteiger partial charge in [-0.05, 0) is 12.8 Å². The molecule has 17 heavy (non-hydrogen) atoms. The first-order valence-corrected chi connectivity index (χ1v) is 5.90. The molecule has 0 radical (unpaired) electrons. The molecule has 5 heteroatoms. The molecule has 90 valence electrons. The summed E-state index contributed by atoms with van der Waals surface area (Å²) in [5.41, 5.74) is 1.10. The van der Waals surface area contributed by atoms with Gasteiger partial charge in [-0.2, -0.15) is 0 Å². The summed E-state index contributed by atoms with van der Waals surface area (Å²) in [6.07, 6.45) is 5.21. The first-order valence-electron chi connectivity index (χ1n) is 5.90. The molecule has 1 saturated carbocycles. The van der Waals surface area contributed by atoms with Gasteiger partial charge >= 0.3 is 6.09 Å². The minimum atomic E-state index is -0.333. The van der Waals surface area contributed by atoms with Crippen molar-refractivity contribution >= 4 is 6.09 Å². The number of fused-ring (bicyclic) bond motifs is 1. The van der Waals surface area contributed by atoms with E-state index < -0.39 is 0 Å². The molecule has 2 aliphatic rings. The molecule has 0 N–H and O–H groups in total. The van der Waals surface area contributed by atoms with Gasteiger partial charge in [0.25, 0.3) is 0 Å². The number of imidazole rings is 1. The van der Waals surface area contributed by atoms with Crippen LogP contribution < -0.4 is 0 Å². The fraction of sp³-hybridized carbons (Fsp3) is 0.500. The smallest absolute Gasteiger partial charge is 0.415 e. The van der Waals surface area contributed by atoms with Crippen LogP contribution >= 0.6 is 0 Å². The van der Waals surface area contributed by atoms with E-state index >= 15 is 0 Å². The van der Waals surface area contributed by atoms with Gasteiger partial charge in [-0.3, -0.25) is 0 Å². The van der Waals surface area contributed by atoms with E-state index in [-0.39, 0.29) is 6.09 Å². The Balaban J connectivity index is 1.77. The largest absolute Gasteiger partial charge is 0.419 e. The summed E-state index contributed by atoms with van der Waals surface area (Å²) in [5, 5.41) is 0. The number of ether oxygens (including phenoxy) is 1. The summed E-state index contributed by atoms with van der Waals surface area (Å²) in [4.78, 5) is 17.7. The predicted octanol–water partition coefficient (Wildman–Crippen LogP) is 1.86. The van der Waals surface area contributed by atoms with Gasteiger partial charge in [-0.25, -0.2) is 9.78 Å². The molecule has 3 rings (SSSR count). The van der Waals surface area contributed by atoms with E-state index in [4.69, 9.17) is 4.74 Å². The maximum absolute atomic E-state index is 11.6. The normalized spacial score (nSPS) is 18.7. The lowest BCUT2D eigenvalue weighted by atomic mass is 10.3. The molecular weight excluding hydrogens is 218 g/mol. The summed E-state index contributed by atoms with van der Waals surface area (Å²) in [5.74, 6) is 1.84. The summed E-state index contributed by atoms with van der Waals surface area (Å²) >= 11 is 0. The molecule has 0 aromatic carbocycles. The average molecular weight is 233 g/mol. The van der Waals surface area contributed by atoms with E-state index in [1.165, 1.54) is 24.9 Å². The van der Waals surface area contributed by atoms with Crippen molar-refractivity contribution in [1.29, 1.82) is 0 Å². The minimum absolute atomic E-state index is 0.333. The van der Waals surface area contributed by atoms with Crippen LogP contribution in [0.1, 0.15) is 30.3 Å². The Labute approximate surface area is 99.7 Å². The lowest BCUT2D eigenvalue weighted by Gasteiger charge is -2.27. The zero-order valence-corrected chi connectivity index (χ0v) is 9.63. The molecule has 0 spiro atoms. The molecule has 1 aliphatic carbocycles. The van der Waals surface area contributed by atoms with Crippen LogP contribution in [0.3, 0.4) is 0 Å². The van der Waals surface area contributed by atoms with Crippen molar-refractivity contribution in [1.82, 2.24) is 14.5 Å². The number of hydrogen-bond acceptors (Lipinski definition) is 3. The summed E-state index contributed by atoms with van der Waals surface area (Å²) in [6.45, 7) is 5.45.